The largest absolute Gasteiger partial charge is 0.399 e. The average Bonchev–Trinajstić information content (AvgIpc) is 2.38. The Morgan fingerprint density at radius 2 is 2.24 bits per heavy atom. The summed E-state index contributed by atoms with van der Waals surface area (Å²) in [5.74, 6) is -0.0387. The molecule has 1 aliphatic carbocycles. The number of nitrogens with one attached hydrogen (secondary N) is 1. The summed E-state index contributed by atoms with van der Waals surface area (Å²) in [6, 6.07) is 5.63. The standard InChI is InChI=1S/C16H25N3O2/c1-11-10-13(17)6-7-15(11)18-16(21)12(2)19(8-9-20)14-4-3-5-14/h6-7,10,12,14,20H,3-5,8-9,17H2,1-2H3,(H,18,21). The number of aliphatic hydroxyl groups is 1. The first-order valence-corrected chi connectivity index (χ1v) is 7.56. The van der Waals surface area contributed by atoms with Gasteiger partial charge in [-0.15, -0.1) is 0 Å². The molecule has 2 rings (SSSR count). The zero-order valence-corrected chi connectivity index (χ0v) is 12.8. The Morgan fingerprint density at radius 3 is 2.76 bits per heavy atom. The number of benzene rings is 1. The number of rotatable bonds is 6. The normalized spacial score (nSPS) is 16.6. The van der Waals surface area contributed by atoms with E-state index < -0.39 is 0 Å². The Morgan fingerprint density at radius 1 is 1.52 bits per heavy atom. The van der Waals surface area contributed by atoms with Crippen molar-refractivity contribution in [2.24, 2.45) is 0 Å². The molecular formula is C16H25N3O2. The van der Waals surface area contributed by atoms with Crippen LogP contribution in [0.25, 0.3) is 0 Å². The van der Waals surface area contributed by atoms with Crippen molar-refractivity contribution in [3.8, 4) is 0 Å². The molecule has 4 N–H and O–H groups in total. The minimum atomic E-state index is -0.251. The molecule has 1 aromatic carbocycles. The van der Waals surface area contributed by atoms with Crippen LogP contribution in [0.4, 0.5) is 11.4 Å². The first-order valence-electron chi connectivity index (χ1n) is 7.56. The summed E-state index contributed by atoms with van der Waals surface area (Å²) in [5, 5.41) is 12.2. The second-order valence-electron chi connectivity index (χ2n) is 5.79. The number of aliphatic hydroxyl groups excluding tert-OH is 1. The zero-order chi connectivity index (χ0) is 15.4. The summed E-state index contributed by atoms with van der Waals surface area (Å²) in [6.45, 7) is 4.44. The molecule has 0 radical (unpaired) electrons. The molecule has 0 bridgehead atoms. The smallest absolute Gasteiger partial charge is 0.241 e. The quantitative estimate of drug-likeness (QED) is 0.698. The molecule has 0 aliphatic heterocycles. The predicted molar refractivity (Wildman–Crippen MR) is 85.1 cm³/mol. The maximum atomic E-state index is 12.4. The van der Waals surface area contributed by atoms with E-state index in [0.717, 1.165) is 24.1 Å². The lowest BCUT2D eigenvalue weighted by Crippen LogP contribution is -2.51. The van der Waals surface area contributed by atoms with Crippen LogP contribution in [-0.4, -0.2) is 41.1 Å². The van der Waals surface area contributed by atoms with Crippen molar-refractivity contribution < 1.29 is 9.90 Å². The predicted octanol–water partition coefficient (Wildman–Crippen LogP) is 1.75. The molecule has 1 aromatic rings. The van der Waals surface area contributed by atoms with Crippen LogP contribution in [0, 0.1) is 6.92 Å². The van der Waals surface area contributed by atoms with Gasteiger partial charge in [0.15, 0.2) is 0 Å². The minimum absolute atomic E-state index is 0.0387. The van der Waals surface area contributed by atoms with E-state index in [-0.39, 0.29) is 18.6 Å². The van der Waals surface area contributed by atoms with Gasteiger partial charge in [0.2, 0.25) is 5.91 Å². The number of amides is 1. The Kier molecular flexibility index (Phi) is 5.20. The van der Waals surface area contributed by atoms with Gasteiger partial charge in [-0.05, 0) is 50.5 Å². The average molecular weight is 291 g/mol. The summed E-state index contributed by atoms with van der Waals surface area (Å²) in [4.78, 5) is 14.5. The first kappa shape index (κ1) is 15.8. The summed E-state index contributed by atoms with van der Waals surface area (Å²) in [7, 11) is 0. The highest BCUT2D eigenvalue weighted by atomic mass is 16.3. The summed E-state index contributed by atoms with van der Waals surface area (Å²) in [6.07, 6.45) is 3.43. The lowest BCUT2D eigenvalue weighted by atomic mass is 9.90. The Hall–Kier alpha value is -1.59. The fourth-order valence-electron chi connectivity index (χ4n) is 2.74. The Balaban J connectivity index is 2.03. The van der Waals surface area contributed by atoms with E-state index in [2.05, 4.69) is 10.2 Å². The van der Waals surface area contributed by atoms with E-state index in [1.165, 1.54) is 6.42 Å². The highest BCUT2D eigenvalue weighted by Gasteiger charge is 2.31. The number of carbonyl (C=O) groups excluding carboxylic acids is 1. The molecule has 1 amide bonds. The van der Waals surface area contributed by atoms with Gasteiger partial charge in [0.1, 0.15) is 0 Å². The van der Waals surface area contributed by atoms with Crippen molar-refractivity contribution in [2.75, 3.05) is 24.2 Å². The van der Waals surface area contributed by atoms with Crippen molar-refractivity contribution >= 4 is 17.3 Å². The third kappa shape index (κ3) is 3.74. The fraction of sp³-hybridized carbons (Fsp3) is 0.562. The maximum absolute atomic E-state index is 12.4. The number of nitrogen functional groups attached to an aromatic ring is 1. The van der Waals surface area contributed by atoms with E-state index in [1.807, 2.05) is 26.0 Å². The van der Waals surface area contributed by atoms with Crippen molar-refractivity contribution in [2.45, 2.75) is 45.2 Å². The minimum Gasteiger partial charge on any atom is -0.399 e. The molecule has 1 aliphatic rings. The van der Waals surface area contributed by atoms with E-state index >= 15 is 0 Å². The van der Waals surface area contributed by atoms with Crippen LogP contribution >= 0.6 is 0 Å². The monoisotopic (exact) mass is 291 g/mol. The van der Waals surface area contributed by atoms with Gasteiger partial charge in [0.25, 0.3) is 0 Å². The second-order valence-corrected chi connectivity index (χ2v) is 5.79. The lowest BCUT2D eigenvalue weighted by Gasteiger charge is -2.40. The number of nitrogens with zero attached hydrogens (tertiary/aromatic N) is 1. The molecule has 1 fully saturated rings. The molecule has 5 nitrogen and oxygen atoms in total. The van der Waals surface area contributed by atoms with Crippen molar-refractivity contribution in [3.63, 3.8) is 0 Å². The topological polar surface area (TPSA) is 78.6 Å². The SMILES string of the molecule is Cc1cc(N)ccc1NC(=O)C(C)N(CCO)C1CCC1. The summed E-state index contributed by atoms with van der Waals surface area (Å²) >= 11 is 0. The van der Waals surface area contributed by atoms with Crippen LogP contribution in [0.3, 0.4) is 0 Å². The molecule has 116 valence electrons. The number of carbonyl (C=O) groups is 1. The van der Waals surface area contributed by atoms with Gasteiger partial charge >= 0.3 is 0 Å². The molecule has 1 unspecified atom stereocenters. The number of hydrogen-bond acceptors (Lipinski definition) is 4. The van der Waals surface area contributed by atoms with Crippen LogP contribution in [0.2, 0.25) is 0 Å². The van der Waals surface area contributed by atoms with Crippen LogP contribution in [0.1, 0.15) is 31.7 Å². The molecule has 0 saturated heterocycles. The van der Waals surface area contributed by atoms with E-state index in [4.69, 9.17) is 5.73 Å². The van der Waals surface area contributed by atoms with Crippen molar-refractivity contribution in [1.82, 2.24) is 4.90 Å². The lowest BCUT2D eigenvalue weighted by molar-refractivity contribution is -0.122. The highest BCUT2D eigenvalue weighted by molar-refractivity contribution is 5.95. The van der Waals surface area contributed by atoms with Gasteiger partial charge in [0, 0.05) is 24.0 Å². The molecule has 0 spiro atoms. The molecule has 5 heteroatoms. The molecule has 1 atom stereocenters. The van der Waals surface area contributed by atoms with Gasteiger partial charge in [-0.25, -0.2) is 0 Å². The first-order chi connectivity index (χ1) is 10.0. The van der Waals surface area contributed by atoms with Gasteiger partial charge in [0.05, 0.1) is 12.6 Å². The number of anilines is 2. The van der Waals surface area contributed by atoms with E-state index in [1.54, 1.807) is 6.07 Å². The molecule has 0 aromatic heterocycles. The fourth-order valence-corrected chi connectivity index (χ4v) is 2.74. The van der Waals surface area contributed by atoms with Crippen LogP contribution in [0.15, 0.2) is 18.2 Å². The van der Waals surface area contributed by atoms with Gasteiger partial charge < -0.3 is 16.2 Å². The second kappa shape index (κ2) is 6.91. The maximum Gasteiger partial charge on any atom is 0.241 e. The number of hydrogen-bond donors (Lipinski definition) is 3. The van der Waals surface area contributed by atoms with Gasteiger partial charge in [-0.1, -0.05) is 6.42 Å². The Labute approximate surface area is 126 Å². The number of aryl methyl sites for hydroxylation is 1. The summed E-state index contributed by atoms with van der Waals surface area (Å²) < 4.78 is 0. The van der Waals surface area contributed by atoms with Crippen molar-refractivity contribution in [3.05, 3.63) is 23.8 Å². The zero-order valence-electron chi connectivity index (χ0n) is 12.8. The van der Waals surface area contributed by atoms with Gasteiger partial charge in [-0.2, -0.15) is 0 Å². The van der Waals surface area contributed by atoms with Gasteiger partial charge in [-0.3, -0.25) is 9.69 Å². The third-order valence-electron chi connectivity index (χ3n) is 4.29. The molecule has 0 heterocycles. The van der Waals surface area contributed by atoms with E-state index in [0.29, 0.717) is 18.3 Å². The van der Waals surface area contributed by atoms with Crippen molar-refractivity contribution in [1.29, 1.82) is 0 Å². The number of nitrogens with two attached hydrogens (primary N) is 1. The van der Waals surface area contributed by atoms with Crippen LogP contribution in [0.5, 0.6) is 0 Å². The van der Waals surface area contributed by atoms with E-state index in [9.17, 15) is 9.90 Å². The third-order valence-corrected chi connectivity index (χ3v) is 4.29. The molecule has 1 saturated carbocycles. The highest BCUT2D eigenvalue weighted by Crippen LogP contribution is 2.27. The summed E-state index contributed by atoms with van der Waals surface area (Å²) in [5.41, 5.74) is 8.15. The van der Waals surface area contributed by atoms with Crippen LogP contribution in [-0.2, 0) is 4.79 Å². The molecule has 21 heavy (non-hydrogen) atoms. The Bertz CT molecular complexity index is 500. The van der Waals surface area contributed by atoms with Crippen LogP contribution < -0.4 is 11.1 Å². The molecular weight excluding hydrogens is 266 g/mol.